The molecule has 0 spiro atoms. The first-order chi connectivity index (χ1) is 10.6. The van der Waals surface area contributed by atoms with E-state index in [4.69, 9.17) is 5.73 Å². The normalized spacial score (nSPS) is 13.3. The Morgan fingerprint density at radius 1 is 0.909 bits per heavy atom. The second-order valence-corrected chi connectivity index (χ2v) is 4.65. The number of carbonyl (C=O) groups is 2. The van der Waals surface area contributed by atoms with Gasteiger partial charge >= 0.3 is 6.04 Å². The number of carbonyl (C=O) groups excluding carboxylic acids is 2. The highest BCUT2D eigenvalue weighted by molar-refractivity contribution is 6.28. The van der Waals surface area contributed by atoms with Crippen LogP contribution in [0.1, 0.15) is 26.3 Å². The third kappa shape index (κ3) is 3.07. The van der Waals surface area contributed by atoms with Gasteiger partial charge in [-0.3, -0.25) is 19.7 Å². The summed E-state index contributed by atoms with van der Waals surface area (Å²) in [6, 6.07) is 14.3. The van der Waals surface area contributed by atoms with Crippen molar-refractivity contribution in [3.8, 4) is 0 Å². The number of ketones is 2. The molecule has 0 unspecified atom stereocenters. The third-order valence-electron chi connectivity index (χ3n) is 3.24. The van der Waals surface area contributed by atoms with Gasteiger partial charge in [-0.05, 0) is 5.56 Å². The topological polar surface area (TPSA) is 103 Å². The molecule has 2 aromatic rings. The fourth-order valence-electron chi connectivity index (χ4n) is 2.13. The van der Waals surface area contributed by atoms with E-state index in [0.717, 1.165) is 0 Å². The van der Waals surface area contributed by atoms with Crippen molar-refractivity contribution in [3.63, 3.8) is 0 Å². The highest BCUT2D eigenvalue weighted by Gasteiger charge is 2.47. The van der Waals surface area contributed by atoms with Gasteiger partial charge in [-0.25, -0.2) is 0 Å². The fourth-order valence-corrected chi connectivity index (χ4v) is 2.13. The molecule has 0 saturated carbocycles. The Kier molecular flexibility index (Phi) is 4.75. The molecule has 0 heterocycles. The Bertz CT molecular complexity index is 678. The van der Waals surface area contributed by atoms with Crippen LogP contribution in [-0.4, -0.2) is 22.5 Å². The zero-order valence-electron chi connectivity index (χ0n) is 11.6. The van der Waals surface area contributed by atoms with Gasteiger partial charge in [0.15, 0.2) is 0 Å². The lowest BCUT2D eigenvalue weighted by Crippen LogP contribution is -2.31. The first-order valence-corrected chi connectivity index (χ1v) is 6.61. The zero-order chi connectivity index (χ0) is 16.1. The first kappa shape index (κ1) is 15.5. The summed E-state index contributed by atoms with van der Waals surface area (Å²) in [5.74, 6) is -1.42. The smallest absolute Gasteiger partial charge is 0.326 e. The average Bonchev–Trinajstić information content (AvgIpc) is 2.81. The minimum absolute atomic E-state index is 0.152. The van der Waals surface area contributed by atoms with E-state index in [2.05, 4.69) is 0 Å². The number of nitro groups is 1. The van der Waals surface area contributed by atoms with E-state index in [-0.39, 0.29) is 11.1 Å². The van der Waals surface area contributed by atoms with Gasteiger partial charge in [0, 0.05) is 22.6 Å². The van der Waals surface area contributed by atoms with Crippen LogP contribution in [0, 0.1) is 10.1 Å². The molecule has 112 valence electrons. The lowest BCUT2D eigenvalue weighted by Gasteiger charge is -1.94. The van der Waals surface area contributed by atoms with Gasteiger partial charge in [0.25, 0.3) is 0 Å². The van der Waals surface area contributed by atoms with Gasteiger partial charge in [0.1, 0.15) is 0 Å². The molecule has 2 aromatic carbocycles. The van der Waals surface area contributed by atoms with Crippen LogP contribution in [0.3, 0.4) is 0 Å². The number of hydrogen-bond acceptors (Lipinski definition) is 5. The number of Topliss-reactive ketones (excluding diaryl/α,β-unsaturated/α-hetero) is 2. The number of benzene rings is 2. The predicted octanol–water partition coefficient (Wildman–Crippen LogP) is 1.86. The van der Waals surface area contributed by atoms with E-state index < -0.39 is 22.5 Å². The van der Waals surface area contributed by atoms with Gasteiger partial charge in [0.2, 0.25) is 11.6 Å². The quantitative estimate of drug-likeness (QED) is 0.517. The molecule has 0 amide bonds. The molecule has 2 N–H and O–H groups in total. The number of nitrogens with two attached hydrogens (primary N) is 1. The number of nitrogens with zero attached hydrogens (tertiary/aromatic N) is 1. The van der Waals surface area contributed by atoms with Gasteiger partial charge < -0.3 is 5.73 Å². The minimum Gasteiger partial charge on any atom is -0.326 e. The molecule has 22 heavy (non-hydrogen) atoms. The van der Waals surface area contributed by atoms with E-state index in [1.807, 2.05) is 30.3 Å². The second kappa shape index (κ2) is 6.73. The minimum atomic E-state index is -1.73. The largest absolute Gasteiger partial charge is 0.336 e. The van der Waals surface area contributed by atoms with Crippen LogP contribution < -0.4 is 5.73 Å². The number of rotatable bonds is 2. The summed E-state index contributed by atoms with van der Waals surface area (Å²) in [5, 5.41) is 10.5. The molecule has 3 rings (SSSR count). The SMILES string of the molecule is NCc1ccccc1.O=C1c2ccccc2C(=O)C1[N+](=O)[O-]. The van der Waals surface area contributed by atoms with Gasteiger partial charge in [0.05, 0.1) is 0 Å². The van der Waals surface area contributed by atoms with E-state index in [9.17, 15) is 19.7 Å². The monoisotopic (exact) mass is 298 g/mol. The average molecular weight is 298 g/mol. The molecular weight excluding hydrogens is 284 g/mol. The van der Waals surface area contributed by atoms with Gasteiger partial charge in [-0.2, -0.15) is 0 Å². The Hall–Kier alpha value is -2.86. The van der Waals surface area contributed by atoms with Crippen molar-refractivity contribution < 1.29 is 14.5 Å². The third-order valence-corrected chi connectivity index (χ3v) is 3.24. The summed E-state index contributed by atoms with van der Waals surface area (Å²) in [6.07, 6.45) is 0. The maximum atomic E-state index is 11.4. The Labute approximate surface area is 126 Å². The summed E-state index contributed by atoms with van der Waals surface area (Å²) >= 11 is 0. The molecule has 1 aliphatic rings. The molecule has 0 bridgehead atoms. The van der Waals surface area contributed by atoms with Crippen LogP contribution in [-0.2, 0) is 6.54 Å². The van der Waals surface area contributed by atoms with Crippen LogP contribution in [0.2, 0.25) is 0 Å². The van der Waals surface area contributed by atoms with Crippen molar-refractivity contribution in [2.75, 3.05) is 0 Å². The van der Waals surface area contributed by atoms with Crippen LogP contribution in [0.5, 0.6) is 0 Å². The molecule has 0 atom stereocenters. The maximum absolute atomic E-state index is 11.4. The maximum Gasteiger partial charge on any atom is 0.336 e. The highest BCUT2D eigenvalue weighted by atomic mass is 16.6. The van der Waals surface area contributed by atoms with E-state index in [1.54, 1.807) is 12.1 Å². The Morgan fingerprint density at radius 3 is 1.73 bits per heavy atom. The zero-order valence-corrected chi connectivity index (χ0v) is 11.6. The summed E-state index contributed by atoms with van der Waals surface area (Å²) < 4.78 is 0. The van der Waals surface area contributed by atoms with Crippen molar-refractivity contribution in [3.05, 3.63) is 81.4 Å². The number of hydrogen-bond donors (Lipinski definition) is 1. The Balaban J connectivity index is 0.000000188. The standard InChI is InChI=1S/C9H5NO4.C7H9N/c11-8-5-3-1-2-4-6(5)9(12)7(8)10(13)14;8-6-7-4-2-1-3-5-7/h1-4,7H;1-5H,6,8H2. The van der Waals surface area contributed by atoms with Crippen molar-refractivity contribution in [1.29, 1.82) is 0 Å². The fraction of sp³-hybridized carbons (Fsp3) is 0.125. The van der Waals surface area contributed by atoms with Gasteiger partial charge in [-0.1, -0.05) is 54.6 Å². The molecule has 0 fully saturated rings. The molecule has 1 aliphatic carbocycles. The summed E-state index contributed by atoms with van der Waals surface area (Å²) in [4.78, 5) is 32.4. The Morgan fingerprint density at radius 2 is 1.36 bits per heavy atom. The van der Waals surface area contributed by atoms with Crippen LogP contribution in [0.4, 0.5) is 0 Å². The van der Waals surface area contributed by atoms with Crippen molar-refractivity contribution in [2.45, 2.75) is 12.6 Å². The molecular formula is C16H14N2O4. The second-order valence-electron chi connectivity index (χ2n) is 4.65. The van der Waals surface area contributed by atoms with Crippen molar-refractivity contribution in [2.24, 2.45) is 5.73 Å². The summed E-state index contributed by atoms with van der Waals surface area (Å²) in [7, 11) is 0. The van der Waals surface area contributed by atoms with Crippen molar-refractivity contribution in [1.82, 2.24) is 0 Å². The van der Waals surface area contributed by atoms with Gasteiger partial charge in [-0.15, -0.1) is 0 Å². The van der Waals surface area contributed by atoms with Crippen LogP contribution in [0.15, 0.2) is 54.6 Å². The summed E-state index contributed by atoms with van der Waals surface area (Å²) in [6.45, 7) is 0.640. The summed E-state index contributed by atoms with van der Waals surface area (Å²) in [5.41, 5.74) is 6.84. The molecule has 0 aliphatic heterocycles. The predicted molar refractivity (Wildman–Crippen MR) is 80.2 cm³/mol. The first-order valence-electron chi connectivity index (χ1n) is 6.61. The van der Waals surface area contributed by atoms with E-state index >= 15 is 0 Å². The number of fused-ring (bicyclic) bond motifs is 1. The molecule has 6 nitrogen and oxygen atoms in total. The lowest BCUT2D eigenvalue weighted by atomic mass is 10.1. The van der Waals surface area contributed by atoms with Crippen LogP contribution >= 0.6 is 0 Å². The molecule has 0 radical (unpaired) electrons. The van der Waals surface area contributed by atoms with Crippen molar-refractivity contribution >= 4 is 11.6 Å². The van der Waals surface area contributed by atoms with E-state index in [0.29, 0.717) is 6.54 Å². The highest BCUT2D eigenvalue weighted by Crippen LogP contribution is 2.23. The molecule has 0 saturated heterocycles. The van der Waals surface area contributed by atoms with E-state index in [1.165, 1.54) is 17.7 Å². The van der Waals surface area contributed by atoms with Crippen LogP contribution in [0.25, 0.3) is 0 Å². The lowest BCUT2D eigenvalue weighted by molar-refractivity contribution is -0.488. The molecule has 6 heteroatoms. The molecule has 0 aromatic heterocycles.